The van der Waals surface area contributed by atoms with Gasteiger partial charge in [0, 0.05) is 22.7 Å². The number of thiophene rings is 1. The predicted molar refractivity (Wildman–Crippen MR) is 110 cm³/mol. The molecular weight excluding hydrogens is 417 g/mol. The fraction of sp³-hybridized carbons (Fsp3) is 0.158. The van der Waals surface area contributed by atoms with Crippen LogP contribution >= 0.6 is 11.3 Å². The molecule has 0 bridgehead atoms. The Morgan fingerprint density at radius 1 is 1.31 bits per heavy atom. The molecule has 3 N–H and O–H groups in total. The fourth-order valence-corrected chi connectivity index (χ4v) is 5.00. The van der Waals surface area contributed by atoms with Gasteiger partial charge in [0.1, 0.15) is 18.0 Å². The Morgan fingerprint density at radius 2 is 2.07 bits per heavy atom. The molecule has 1 saturated heterocycles. The molecule has 29 heavy (non-hydrogen) atoms. The highest BCUT2D eigenvalue weighted by molar-refractivity contribution is 7.85. The van der Waals surface area contributed by atoms with Crippen LogP contribution in [0.4, 0.5) is 10.1 Å². The lowest BCUT2D eigenvalue weighted by Gasteiger charge is -2.16. The third-order valence-corrected chi connectivity index (χ3v) is 6.61. The first-order valence-corrected chi connectivity index (χ1v) is 10.6. The third-order valence-electron chi connectivity index (χ3n) is 4.42. The molecule has 0 radical (unpaired) electrons. The molecule has 3 aromatic rings. The van der Waals surface area contributed by atoms with Gasteiger partial charge in [-0.15, -0.1) is 11.3 Å². The number of carbonyl (C=O) groups excluding carboxylic acids is 2. The van der Waals surface area contributed by atoms with Crippen molar-refractivity contribution in [2.24, 2.45) is 0 Å². The average molecular weight is 433 g/mol. The zero-order valence-corrected chi connectivity index (χ0v) is 16.6. The molecular formula is C19H16FN3O4S2. The van der Waals surface area contributed by atoms with Gasteiger partial charge in [0.25, 0.3) is 11.8 Å². The Kier molecular flexibility index (Phi) is 5.20. The van der Waals surface area contributed by atoms with Gasteiger partial charge >= 0.3 is 0 Å². The Bertz CT molecular complexity index is 1130. The second-order valence-corrected chi connectivity index (χ2v) is 8.61. The molecule has 10 heteroatoms. The number of rotatable bonds is 5. The SMILES string of the molecule is O=C1CN(c2c(O)cc3sc(C(=O)NCCc4ccccc4)cc3c2F)S(=O)N1. The van der Waals surface area contributed by atoms with E-state index in [1.165, 1.54) is 12.1 Å². The number of carbonyl (C=O) groups is 2. The summed E-state index contributed by atoms with van der Waals surface area (Å²) in [5.41, 5.74) is 0.759. The molecule has 1 aromatic heterocycles. The van der Waals surface area contributed by atoms with Crippen molar-refractivity contribution in [3.8, 4) is 5.75 Å². The molecule has 2 amide bonds. The molecule has 1 aliphatic rings. The Balaban J connectivity index is 1.56. The summed E-state index contributed by atoms with van der Waals surface area (Å²) in [6.07, 6.45) is 0.665. The number of phenols is 1. The molecule has 1 aliphatic heterocycles. The lowest BCUT2D eigenvalue weighted by molar-refractivity contribution is -0.117. The summed E-state index contributed by atoms with van der Waals surface area (Å²) in [6, 6.07) is 12.4. The Morgan fingerprint density at radius 3 is 2.76 bits per heavy atom. The van der Waals surface area contributed by atoms with Gasteiger partial charge in [0.05, 0.1) is 4.88 Å². The standard InChI is InChI=1S/C19H16FN3O4S2/c20-17-12-8-15(19(26)21-7-6-11-4-2-1-3-5-11)28-14(12)9-13(24)18(17)23-10-16(25)22-29(23)27/h1-5,8-9,24H,6-7,10H2,(H,21,26)(H,22,25). The van der Waals surface area contributed by atoms with Crippen molar-refractivity contribution in [1.29, 1.82) is 0 Å². The van der Waals surface area contributed by atoms with Gasteiger partial charge in [-0.25, -0.2) is 8.60 Å². The smallest absolute Gasteiger partial charge is 0.261 e. The van der Waals surface area contributed by atoms with Crippen molar-refractivity contribution in [2.45, 2.75) is 6.42 Å². The number of hydrogen-bond acceptors (Lipinski definition) is 5. The van der Waals surface area contributed by atoms with Gasteiger partial charge < -0.3 is 10.4 Å². The Labute approximate surface area is 171 Å². The summed E-state index contributed by atoms with van der Waals surface area (Å²) in [4.78, 5) is 24.1. The van der Waals surface area contributed by atoms with Crippen molar-refractivity contribution in [2.75, 3.05) is 17.4 Å². The summed E-state index contributed by atoms with van der Waals surface area (Å²) in [5, 5.41) is 13.1. The number of phenolic OH excluding ortho intramolecular Hbond substituents is 1. The maximum Gasteiger partial charge on any atom is 0.261 e. The Hall–Kier alpha value is -2.98. The van der Waals surface area contributed by atoms with Crippen LogP contribution in [0.1, 0.15) is 15.2 Å². The second kappa shape index (κ2) is 7.80. The van der Waals surface area contributed by atoms with Gasteiger partial charge in [-0.1, -0.05) is 30.3 Å². The molecule has 7 nitrogen and oxygen atoms in total. The number of benzene rings is 2. The highest BCUT2D eigenvalue weighted by Crippen LogP contribution is 2.40. The summed E-state index contributed by atoms with van der Waals surface area (Å²) in [6.45, 7) is 0.0934. The van der Waals surface area contributed by atoms with Gasteiger partial charge in [-0.3, -0.25) is 18.6 Å². The molecule has 0 aliphatic carbocycles. The summed E-state index contributed by atoms with van der Waals surface area (Å²) < 4.78 is 30.4. The molecule has 1 atom stereocenters. The van der Waals surface area contributed by atoms with E-state index in [1.54, 1.807) is 0 Å². The zero-order chi connectivity index (χ0) is 20.5. The lowest BCUT2D eigenvalue weighted by atomic mass is 10.1. The monoisotopic (exact) mass is 433 g/mol. The zero-order valence-electron chi connectivity index (χ0n) is 15.0. The van der Waals surface area contributed by atoms with E-state index in [4.69, 9.17) is 0 Å². The summed E-state index contributed by atoms with van der Waals surface area (Å²) >= 11 is -0.928. The number of amides is 2. The number of aromatic hydroxyl groups is 1. The predicted octanol–water partition coefficient (Wildman–Crippen LogP) is 2.23. The largest absolute Gasteiger partial charge is 0.506 e. The first-order valence-electron chi connectivity index (χ1n) is 8.70. The van der Waals surface area contributed by atoms with Crippen LogP contribution in [0.3, 0.4) is 0 Å². The van der Waals surface area contributed by atoms with E-state index in [0.717, 1.165) is 21.2 Å². The maximum absolute atomic E-state index is 15.0. The van der Waals surface area contributed by atoms with E-state index in [1.807, 2.05) is 30.3 Å². The number of anilines is 1. The van der Waals surface area contributed by atoms with Crippen LogP contribution in [0.2, 0.25) is 0 Å². The van der Waals surface area contributed by atoms with Gasteiger partial charge in [0.2, 0.25) is 11.2 Å². The number of hydrogen-bond donors (Lipinski definition) is 3. The topological polar surface area (TPSA) is 98.7 Å². The van der Waals surface area contributed by atoms with E-state index < -0.39 is 28.6 Å². The number of fused-ring (bicyclic) bond motifs is 1. The number of halogens is 1. The second-order valence-electron chi connectivity index (χ2n) is 6.38. The number of nitrogens with zero attached hydrogens (tertiary/aromatic N) is 1. The first kappa shape index (κ1) is 19.3. The van der Waals surface area contributed by atoms with Crippen LogP contribution in [-0.4, -0.2) is 34.2 Å². The lowest BCUT2D eigenvalue weighted by Crippen LogP contribution is -2.24. The summed E-state index contributed by atoms with van der Waals surface area (Å²) in [5.74, 6) is -2.16. The van der Waals surface area contributed by atoms with E-state index in [-0.39, 0.29) is 23.5 Å². The van der Waals surface area contributed by atoms with E-state index in [9.17, 15) is 18.9 Å². The molecule has 2 heterocycles. The van der Waals surface area contributed by atoms with Crippen LogP contribution in [0.25, 0.3) is 10.1 Å². The highest BCUT2D eigenvalue weighted by Gasteiger charge is 2.32. The van der Waals surface area contributed by atoms with Gasteiger partial charge in [-0.2, -0.15) is 0 Å². The van der Waals surface area contributed by atoms with Crippen molar-refractivity contribution in [3.05, 3.63) is 58.7 Å². The quantitative estimate of drug-likeness (QED) is 0.575. The fourth-order valence-electron chi connectivity index (χ4n) is 3.05. The van der Waals surface area contributed by atoms with Crippen molar-refractivity contribution >= 4 is 50.1 Å². The third kappa shape index (κ3) is 3.81. The molecule has 150 valence electrons. The van der Waals surface area contributed by atoms with Crippen molar-refractivity contribution in [1.82, 2.24) is 10.0 Å². The maximum atomic E-state index is 15.0. The van der Waals surface area contributed by atoms with E-state index in [2.05, 4.69) is 10.0 Å². The summed E-state index contributed by atoms with van der Waals surface area (Å²) in [7, 11) is 0. The first-order chi connectivity index (χ1) is 13.9. The van der Waals surface area contributed by atoms with Crippen molar-refractivity contribution in [3.63, 3.8) is 0 Å². The minimum Gasteiger partial charge on any atom is -0.506 e. The molecule has 0 saturated carbocycles. The van der Waals surface area contributed by atoms with Crippen LogP contribution in [0.15, 0.2) is 42.5 Å². The van der Waals surface area contributed by atoms with Crippen LogP contribution in [0.5, 0.6) is 5.75 Å². The molecule has 2 aromatic carbocycles. The normalized spacial score (nSPS) is 16.2. The minimum absolute atomic E-state index is 0.118. The highest BCUT2D eigenvalue weighted by atomic mass is 32.2. The number of nitrogens with one attached hydrogen (secondary N) is 2. The van der Waals surface area contributed by atoms with E-state index >= 15 is 4.39 Å². The minimum atomic E-state index is -1.97. The molecule has 0 spiro atoms. The average Bonchev–Trinajstić information content (AvgIpc) is 3.26. The molecule has 4 rings (SSSR count). The van der Waals surface area contributed by atoms with Crippen LogP contribution in [0, 0.1) is 5.82 Å². The van der Waals surface area contributed by atoms with Crippen LogP contribution < -0.4 is 14.3 Å². The van der Waals surface area contributed by atoms with Gasteiger partial charge in [-0.05, 0) is 18.1 Å². The molecule has 1 unspecified atom stereocenters. The molecule has 1 fully saturated rings. The van der Waals surface area contributed by atoms with Gasteiger partial charge in [0.15, 0.2) is 5.82 Å². The van der Waals surface area contributed by atoms with Crippen molar-refractivity contribution < 1.29 is 23.3 Å². The van der Waals surface area contributed by atoms with Crippen LogP contribution in [-0.2, 0) is 22.4 Å². The van der Waals surface area contributed by atoms with E-state index in [0.29, 0.717) is 22.5 Å².